The van der Waals surface area contributed by atoms with E-state index in [1.54, 1.807) is 45.9 Å². The van der Waals surface area contributed by atoms with Crippen LogP contribution in [-0.2, 0) is 4.65 Å². The highest BCUT2D eigenvalue weighted by molar-refractivity contribution is 6.60. The lowest BCUT2D eigenvalue weighted by molar-refractivity contribution is -0.0982. The maximum Gasteiger partial charge on any atom is 0.491 e. The fraction of sp³-hybridized carbons (Fsp3) is 0.538. The molecule has 0 bridgehead atoms. The summed E-state index contributed by atoms with van der Waals surface area (Å²) in [6, 6.07) is 5.19. The first-order valence-corrected chi connectivity index (χ1v) is 6.27. The summed E-state index contributed by atoms with van der Waals surface area (Å²) in [6.45, 7) is 8.62. The third-order valence-corrected chi connectivity index (χ3v) is 3.61. The van der Waals surface area contributed by atoms with Crippen LogP contribution in [0.2, 0.25) is 5.02 Å². The zero-order valence-electron chi connectivity index (χ0n) is 11.5. The molecule has 1 aromatic carbocycles. The molecule has 0 radical (unpaired) electrons. The van der Waals surface area contributed by atoms with Crippen LogP contribution in [0.1, 0.15) is 33.3 Å². The van der Waals surface area contributed by atoms with Crippen LogP contribution in [-0.4, -0.2) is 28.5 Å². The lowest BCUT2D eigenvalue weighted by Gasteiger charge is -2.38. The van der Waals surface area contributed by atoms with Crippen molar-refractivity contribution in [3.8, 4) is 0 Å². The summed E-state index contributed by atoms with van der Waals surface area (Å²) in [5.41, 5.74) is -0.439. The van der Waals surface area contributed by atoms with E-state index in [1.165, 1.54) is 0 Å². The van der Waals surface area contributed by atoms with Crippen LogP contribution < -0.4 is 5.46 Å². The summed E-state index contributed by atoms with van der Waals surface area (Å²) >= 11 is 5.86. The molecule has 5 heteroatoms. The van der Waals surface area contributed by atoms with Crippen LogP contribution in [0, 0.1) is 6.92 Å². The SMILES string of the molecule is Cc1cc(Cl)ccc1B(O)OC(C)(C)C(C)(C)O. The van der Waals surface area contributed by atoms with Gasteiger partial charge in [0, 0.05) is 5.02 Å². The molecule has 18 heavy (non-hydrogen) atoms. The standard InChI is InChI=1S/C13H20BClO3/c1-9-8-10(15)6-7-11(9)14(17)18-13(4,5)12(2,3)16/h6-8,16-17H,1-5H3. The summed E-state index contributed by atoms with van der Waals surface area (Å²) in [7, 11) is -1.09. The van der Waals surface area contributed by atoms with Gasteiger partial charge in [-0.2, -0.15) is 0 Å². The number of halogens is 1. The minimum Gasteiger partial charge on any atom is -0.423 e. The number of rotatable bonds is 4. The van der Waals surface area contributed by atoms with Crippen molar-refractivity contribution in [3.63, 3.8) is 0 Å². The average Bonchev–Trinajstić information content (AvgIpc) is 2.14. The van der Waals surface area contributed by atoms with Crippen molar-refractivity contribution in [3.05, 3.63) is 28.8 Å². The molecule has 0 aromatic heterocycles. The Bertz CT molecular complexity index is 427. The average molecular weight is 271 g/mol. The second-order valence-corrected chi connectivity index (χ2v) is 5.98. The largest absolute Gasteiger partial charge is 0.491 e. The molecular formula is C13H20BClO3. The number of hydrogen-bond acceptors (Lipinski definition) is 3. The Hall–Kier alpha value is -0.545. The Kier molecular flexibility index (Phi) is 4.49. The molecule has 0 saturated heterocycles. The third kappa shape index (κ3) is 3.48. The second-order valence-electron chi connectivity index (χ2n) is 5.54. The minimum atomic E-state index is -1.09. The molecule has 0 aliphatic carbocycles. The molecule has 0 atom stereocenters. The van der Waals surface area contributed by atoms with E-state index in [0.717, 1.165) is 5.56 Å². The molecule has 0 heterocycles. The van der Waals surface area contributed by atoms with Crippen molar-refractivity contribution in [1.82, 2.24) is 0 Å². The van der Waals surface area contributed by atoms with E-state index in [4.69, 9.17) is 16.3 Å². The van der Waals surface area contributed by atoms with Crippen LogP contribution in [0.3, 0.4) is 0 Å². The summed E-state index contributed by atoms with van der Waals surface area (Å²) in [6.07, 6.45) is 0. The summed E-state index contributed by atoms with van der Waals surface area (Å²) in [5.74, 6) is 0. The lowest BCUT2D eigenvalue weighted by atomic mass is 9.74. The van der Waals surface area contributed by atoms with Crippen molar-refractivity contribution in [1.29, 1.82) is 0 Å². The van der Waals surface area contributed by atoms with Crippen molar-refractivity contribution < 1.29 is 14.8 Å². The molecule has 1 aromatic rings. The topological polar surface area (TPSA) is 49.7 Å². The fourth-order valence-electron chi connectivity index (χ4n) is 1.40. The van der Waals surface area contributed by atoms with E-state index < -0.39 is 18.3 Å². The van der Waals surface area contributed by atoms with Gasteiger partial charge in [0.1, 0.15) is 0 Å². The Morgan fingerprint density at radius 1 is 1.22 bits per heavy atom. The van der Waals surface area contributed by atoms with E-state index in [2.05, 4.69) is 0 Å². The van der Waals surface area contributed by atoms with E-state index >= 15 is 0 Å². The highest BCUT2D eigenvalue weighted by Crippen LogP contribution is 2.25. The number of hydrogen-bond donors (Lipinski definition) is 2. The van der Waals surface area contributed by atoms with Gasteiger partial charge in [-0.15, -0.1) is 0 Å². The predicted molar refractivity (Wildman–Crippen MR) is 75.3 cm³/mol. The molecule has 0 saturated carbocycles. The highest BCUT2D eigenvalue weighted by Gasteiger charge is 2.39. The molecule has 0 unspecified atom stereocenters. The van der Waals surface area contributed by atoms with Gasteiger partial charge < -0.3 is 14.8 Å². The first-order valence-electron chi connectivity index (χ1n) is 5.89. The van der Waals surface area contributed by atoms with Crippen LogP contribution in [0.25, 0.3) is 0 Å². The van der Waals surface area contributed by atoms with Crippen molar-refractivity contribution in [2.45, 2.75) is 45.8 Å². The van der Waals surface area contributed by atoms with Crippen molar-refractivity contribution in [2.75, 3.05) is 0 Å². The van der Waals surface area contributed by atoms with E-state index in [1.807, 2.05) is 6.92 Å². The van der Waals surface area contributed by atoms with Gasteiger partial charge in [0.15, 0.2) is 0 Å². The van der Waals surface area contributed by atoms with Crippen LogP contribution in [0.4, 0.5) is 0 Å². The Morgan fingerprint density at radius 2 is 1.78 bits per heavy atom. The monoisotopic (exact) mass is 270 g/mol. The zero-order chi connectivity index (χ0) is 14.1. The molecule has 100 valence electrons. The summed E-state index contributed by atoms with van der Waals surface area (Å²) in [4.78, 5) is 0. The normalized spacial score (nSPS) is 12.7. The molecule has 0 fully saturated rings. The van der Waals surface area contributed by atoms with Gasteiger partial charge in [0.05, 0.1) is 11.2 Å². The molecule has 0 amide bonds. The predicted octanol–water partition coefficient (Wildman–Crippen LogP) is 1.90. The lowest BCUT2D eigenvalue weighted by Crippen LogP contribution is -2.53. The molecule has 1 rings (SSSR count). The minimum absolute atomic E-state index is 0.616. The van der Waals surface area contributed by atoms with E-state index in [0.29, 0.717) is 10.5 Å². The summed E-state index contributed by atoms with van der Waals surface area (Å²) < 4.78 is 5.57. The van der Waals surface area contributed by atoms with Crippen molar-refractivity contribution >= 4 is 24.2 Å². The van der Waals surface area contributed by atoms with Gasteiger partial charge >= 0.3 is 7.12 Å². The van der Waals surface area contributed by atoms with Gasteiger partial charge in [-0.05, 0) is 57.8 Å². The number of aryl methyl sites for hydroxylation is 1. The van der Waals surface area contributed by atoms with Gasteiger partial charge in [0.25, 0.3) is 0 Å². The van der Waals surface area contributed by atoms with Gasteiger partial charge in [-0.25, -0.2) is 0 Å². The molecule has 0 spiro atoms. The van der Waals surface area contributed by atoms with E-state index in [-0.39, 0.29) is 0 Å². The second kappa shape index (κ2) is 5.21. The first kappa shape index (κ1) is 15.5. The molecule has 0 aliphatic heterocycles. The Morgan fingerprint density at radius 3 is 2.22 bits per heavy atom. The van der Waals surface area contributed by atoms with Gasteiger partial charge in [-0.3, -0.25) is 0 Å². The van der Waals surface area contributed by atoms with Crippen LogP contribution in [0.5, 0.6) is 0 Å². The zero-order valence-corrected chi connectivity index (χ0v) is 12.2. The first-order chi connectivity index (χ1) is 8.04. The quantitative estimate of drug-likeness (QED) is 0.822. The molecular weight excluding hydrogens is 250 g/mol. The molecule has 2 N–H and O–H groups in total. The fourth-order valence-corrected chi connectivity index (χ4v) is 1.63. The molecule has 0 aliphatic rings. The highest BCUT2D eigenvalue weighted by atomic mass is 35.5. The van der Waals surface area contributed by atoms with Gasteiger partial charge in [0.2, 0.25) is 0 Å². The summed E-state index contributed by atoms with van der Waals surface area (Å²) in [5, 5.41) is 20.7. The van der Waals surface area contributed by atoms with E-state index in [9.17, 15) is 10.1 Å². The molecule has 3 nitrogen and oxygen atoms in total. The maximum atomic E-state index is 10.1. The number of benzene rings is 1. The number of aliphatic hydroxyl groups is 1. The van der Waals surface area contributed by atoms with Crippen LogP contribution in [0.15, 0.2) is 18.2 Å². The van der Waals surface area contributed by atoms with Gasteiger partial charge in [-0.1, -0.05) is 17.7 Å². The maximum absolute atomic E-state index is 10.1. The van der Waals surface area contributed by atoms with Crippen molar-refractivity contribution in [2.24, 2.45) is 0 Å². The Balaban J connectivity index is 2.92. The van der Waals surface area contributed by atoms with Crippen LogP contribution >= 0.6 is 11.6 Å². The third-order valence-electron chi connectivity index (χ3n) is 3.38. The Labute approximate surface area is 114 Å². The smallest absolute Gasteiger partial charge is 0.423 e.